The van der Waals surface area contributed by atoms with Gasteiger partial charge in [-0.15, -0.1) is 0 Å². The van der Waals surface area contributed by atoms with Gasteiger partial charge in [-0.1, -0.05) is 36.9 Å². The fraction of sp³-hybridized carbons (Fsp3) is 0.409. The first kappa shape index (κ1) is 42.1. The summed E-state index contributed by atoms with van der Waals surface area (Å²) in [4.78, 5) is 18.6. The number of carbonyl (C=O) groups excluding carboxylic acids is 1. The number of hydrogen-bond acceptors (Lipinski definition) is 13. The Hall–Kier alpha value is -5.54. The monoisotopic (exact) mass is 799 g/mol. The third-order valence-electron chi connectivity index (χ3n) is 10.5. The van der Waals surface area contributed by atoms with E-state index in [1.807, 2.05) is 36.4 Å². The number of methoxy groups -OCH3 is 3. The number of nitrogens with one attached hydrogen (secondary N) is 2. The SMILES string of the molecule is COc1ccc2c(c1)C(=O)NC(c1ccc(OCCCCCCCCOc3c(OC)cc(C4=NOC(c5cc(CO)c(CO)c(CO)c5)C4)cc3OC)c(CO)c1)N2. The first-order valence-corrected chi connectivity index (χ1v) is 19.5. The Bertz CT molecular complexity index is 2020. The number of rotatable bonds is 21. The Kier molecular flexibility index (Phi) is 14.7. The van der Waals surface area contributed by atoms with Gasteiger partial charge in [-0.3, -0.25) is 4.79 Å². The maximum atomic E-state index is 12.8. The summed E-state index contributed by atoms with van der Waals surface area (Å²) in [6, 6.07) is 18.1. The van der Waals surface area contributed by atoms with Crippen molar-refractivity contribution in [3.05, 3.63) is 105 Å². The number of aliphatic hydroxyl groups is 4. The number of ether oxygens (including phenoxy) is 5. The predicted molar refractivity (Wildman–Crippen MR) is 217 cm³/mol. The molecular weight excluding hydrogens is 746 g/mol. The van der Waals surface area contributed by atoms with Crippen molar-refractivity contribution >= 4 is 17.3 Å². The Balaban J connectivity index is 0.918. The minimum atomic E-state index is -0.445. The lowest BCUT2D eigenvalue weighted by Gasteiger charge is -2.29. The number of anilines is 1. The van der Waals surface area contributed by atoms with Crippen LogP contribution >= 0.6 is 0 Å². The molecule has 4 aromatic carbocycles. The summed E-state index contributed by atoms with van der Waals surface area (Å²) in [5.74, 6) is 2.58. The second-order valence-electron chi connectivity index (χ2n) is 14.1. The first-order chi connectivity index (χ1) is 28.3. The molecule has 2 aliphatic rings. The van der Waals surface area contributed by atoms with Crippen molar-refractivity contribution in [3.63, 3.8) is 0 Å². The molecule has 310 valence electrons. The number of nitrogens with zero attached hydrogens (tertiary/aromatic N) is 1. The average molecular weight is 800 g/mol. The van der Waals surface area contributed by atoms with Crippen LogP contribution in [0.4, 0.5) is 5.69 Å². The maximum Gasteiger partial charge on any atom is 0.255 e. The fourth-order valence-electron chi connectivity index (χ4n) is 7.25. The van der Waals surface area contributed by atoms with Crippen molar-refractivity contribution in [3.8, 4) is 28.7 Å². The summed E-state index contributed by atoms with van der Waals surface area (Å²) < 4.78 is 28.8. The van der Waals surface area contributed by atoms with Gasteiger partial charge in [0.25, 0.3) is 5.91 Å². The third-order valence-corrected chi connectivity index (χ3v) is 10.5. The van der Waals surface area contributed by atoms with Gasteiger partial charge in [0.15, 0.2) is 17.6 Å². The van der Waals surface area contributed by atoms with E-state index in [0.717, 1.165) is 55.2 Å². The lowest BCUT2D eigenvalue weighted by atomic mass is 9.93. The van der Waals surface area contributed by atoms with Crippen molar-refractivity contribution in [2.24, 2.45) is 5.16 Å². The summed E-state index contributed by atoms with van der Waals surface area (Å²) >= 11 is 0. The van der Waals surface area contributed by atoms with Gasteiger partial charge in [-0.2, -0.15) is 0 Å². The molecule has 0 fully saturated rings. The van der Waals surface area contributed by atoms with Gasteiger partial charge in [-0.05, 0) is 95.3 Å². The van der Waals surface area contributed by atoms with Gasteiger partial charge in [0, 0.05) is 23.2 Å². The molecule has 2 heterocycles. The smallest absolute Gasteiger partial charge is 0.255 e. The van der Waals surface area contributed by atoms with Gasteiger partial charge in [0.1, 0.15) is 17.7 Å². The first-order valence-electron chi connectivity index (χ1n) is 19.5. The molecule has 4 aromatic rings. The molecule has 0 aromatic heterocycles. The van der Waals surface area contributed by atoms with Gasteiger partial charge in [0.2, 0.25) is 5.75 Å². The molecule has 0 aliphatic carbocycles. The number of carbonyl (C=O) groups is 1. The van der Waals surface area contributed by atoms with Crippen LogP contribution in [0.1, 0.15) is 107 Å². The van der Waals surface area contributed by atoms with Crippen LogP contribution < -0.4 is 34.3 Å². The average Bonchev–Trinajstić information content (AvgIpc) is 3.76. The van der Waals surface area contributed by atoms with Crippen molar-refractivity contribution in [2.75, 3.05) is 39.9 Å². The van der Waals surface area contributed by atoms with E-state index >= 15 is 0 Å². The van der Waals surface area contributed by atoms with Crippen LogP contribution in [0.25, 0.3) is 0 Å². The fourth-order valence-corrected chi connectivity index (χ4v) is 7.25. The molecular formula is C44H53N3O11. The summed E-state index contributed by atoms with van der Waals surface area (Å²) in [6.07, 6.45) is 5.40. The van der Waals surface area contributed by atoms with Crippen LogP contribution in [0.15, 0.2) is 65.8 Å². The highest BCUT2D eigenvalue weighted by Gasteiger charge is 2.28. The second kappa shape index (κ2) is 20.2. The summed E-state index contributed by atoms with van der Waals surface area (Å²) in [7, 11) is 4.71. The normalized spacial score (nSPS) is 15.8. The molecule has 0 saturated heterocycles. The quantitative estimate of drug-likeness (QED) is 0.0525. The zero-order valence-corrected chi connectivity index (χ0v) is 33.2. The second-order valence-corrected chi connectivity index (χ2v) is 14.1. The molecule has 0 saturated carbocycles. The van der Waals surface area contributed by atoms with E-state index in [4.69, 9.17) is 28.5 Å². The van der Waals surface area contributed by atoms with Crippen LogP contribution in [-0.4, -0.2) is 66.6 Å². The minimum Gasteiger partial charge on any atom is -0.497 e. The standard InChI is InChI=1S/C44H53N3O11/c1-53-33-11-12-36-34(21-33)44(52)46-43(45-36)27-10-13-38(32(16-27)25-50)56-14-8-6-4-5-7-9-15-57-42-40(54-2)19-28(20-41(42)55-3)37-22-39(58-47-37)29-17-30(23-48)35(26-51)31(18-29)24-49/h10-13,16-21,39,43,45,48-51H,4-9,14-15,22-26H2,1-3H3,(H,46,52). The number of oxime groups is 1. The van der Waals surface area contributed by atoms with Gasteiger partial charge >= 0.3 is 0 Å². The van der Waals surface area contributed by atoms with Crippen LogP contribution in [0.3, 0.4) is 0 Å². The molecule has 6 rings (SSSR count). The molecule has 0 bridgehead atoms. The van der Waals surface area contributed by atoms with Gasteiger partial charge in [-0.25, -0.2) is 0 Å². The Labute approximate surface area is 338 Å². The van der Waals surface area contributed by atoms with Crippen molar-refractivity contribution in [1.29, 1.82) is 0 Å². The van der Waals surface area contributed by atoms with E-state index in [0.29, 0.717) is 87.6 Å². The van der Waals surface area contributed by atoms with Crippen LogP contribution in [0.5, 0.6) is 28.7 Å². The van der Waals surface area contributed by atoms with Crippen molar-refractivity contribution < 1.29 is 53.7 Å². The molecule has 2 atom stereocenters. The molecule has 1 amide bonds. The minimum absolute atomic E-state index is 0.185. The number of benzene rings is 4. The molecule has 6 N–H and O–H groups in total. The molecule has 2 aliphatic heterocycles. The van der Waals surface area contributed by atoms with E-state index in [1.54, 1.807) is 45.6 Å². The van der Waals surface area contributed by atoms with Crippen LogP contribution in [0, 0.1) is 0 Å². The highest BCUT2D eigenvalue weighted by Crippen LogP contribution is 2.41. The topological polar surface area (TPSA) is 190 Å². The number of amides is 1. The highest BCUT2D eigenvalue weighted by molar-refractivity contribution is 6.03. The van der Waals surface area contributed by atoms with E-state index in [2.05, 4.69) is 15.8 Å². The zero-order valence-electron chi connectivity index (χ0n) is 33.2. The van der Waals surface area contributed by atoms with Crippen molar-refractivity contribution in [2.45, 2.75) is 83.6 Å². The van der Waals surface area contributed by atoms with Crippen LogP contribution in [0.2, 0.25) is 0 Å². The lowest BCUT2D eigenvalue weighted by Crippen LogP contribution is -2.38. The molecule has 58 heavy (non-hydrogen) atoms. The molecule has 14 heteroatoms. The highest BCUT2D eigenvalue weighted by atomic mass is 16.6. The van der Waals surface area contributed by atoms with Gasteiger partial charge < -0.3 is 59.6 Å². The Morgan fingerprint density at radius 1 is 0.672 bits per heavy atom. The van der Waals surface area contributed by atoms with E-state index in [9.17, 15) is 25.2 Å². The van der Waals surface area contributed by atoms with Crippen LogP contribution in [-0.2, 0) is 31.3 Å². The zero-order chi connectivity index (χ0) is 41.0. The van der Waals surface area contributed by atoms with E-state index in [-0.39, 0.29) is 32.3 Å². The molecule has 0 spiro atoms. The Morgan fingerprint density at radius 2 is 1.31 bits per heavy atom. The summed E-state index contributed by atoms with van der Waals surface area (Å²) in [5, 5.41) is 50.1. The van der Waals surface area contributed by atoms with Crippen molar-refractivity contribution in [1.82, 2.24) is 5.32 Å². The number of unbranched alkanes of at least 4 members (excludes halogenated alkanes) is 5. The lowest BCUT2D eigenvalue weighted by molar-refractivity contribution is 0.0853. The number of hydrogen-bond donors (Lipinski definition) is 6. The number of fused-ring (bicyclic) bond motifs is 1. The molecule has 0 radical (unpaired) electrons. The molecule has 14 nitrogen and oxygen atoms in total. The molecule has 2 unspecified atom stereocenters. The summed E-state index contributed by atoms with van der Waals surface area (Å²) in [5.41, 5.74) is 6.47. The number of aliphatic hydroxyl groups excluding tert-OH is 4. The Morgan fingerprint density at radius 3 is 1.93 bits per heavy atom. The largest absolute Gasteiger partial charge is 0.497 e. The third kappa shape index (κ3) is 9.76. The summed E-state index contributed by atoms with van der Waals surface area (Å²) in [6.45, 7) is 0.0122. The maximum absolute atomic E-state index is 12.8. The van der Waals surface area contributed by atoms with Gasteiger partial charge in [0.05, 0.1) is 72.2 Å². The van der Waals surface area contributed by atoms with E-state index < -0.39 is 12.3 Å². The predicted octanol–water partition coefficient (Wildman–Crippen LogP) is 6.20. The van der Waals surface area contributed by atoms with E-state index in [1.165, 1.54) is 0 Å².